The van der Waals surface area contributed by atoms with Gasteiger partial charge in [-0.05, 0) is 25.0 Å². The van der Waals surface area contributed by atoms with Gasteiger partial charge in [-0.2, -0.15) is 10.4 Å². The first-order chi connectivity index (χ1) is 15.8. The summed E-state index contributed by atoms with van der Waals surface area (Å²) in [6, 6.07) is 7.70. The minimum Gasteiger partial charge on any atom is -0.494 e. The molecule has 10 heteroatoms. The molecule has 0 saturated heterocycles. The van der Waals surface area contributed by atoms with Crippen LogP contribution in [0.3, 0.4) is 0 Å². The van der Waals surface area contributed by atoms with E-state index in [0.29, 0.717) is 22.6 Å². The van der Waals surface area contributed by atoms with Gasteiger partial charge in [-0.25, -0.2) is 0 Å². The molecule has 0 fully saturated rings. The molecule has 1 aromatic carbocycles. The maximum Gasteiger partial charge on any atom is 0.266 e. The minimum absolute atomic E-state index is 0.0949. The number of aromatic nitrogens is 2. The third kappa shape index (κ3) is 6.20. The number of rotatable bonds is 11. The maximum atomic E-state index is 11.6. The van der Waals surface area contributed by atoms with Gasteiger partial charge in [-0.3, -0.25) is 9.48 Å². The zero-order chi connectivity index (χ0) is 24.5. The number of carbonyl (C=O) groups is 1. The molecule has 1 unspecified atom stereocenters. The molecule has 1 heterocycles. The second-order valence-electron chi connectivity index (χ2n) is 7.42. The Bertz CT molecular complexity index is 1090. The molecule has 1 amide bonds. The normalized spacial score (nSPS) is 13.1. The molecule has 0 aliphatic rings. The molecule has 0 aliphatic heterocycles. The Labute approximate surface area is 198 Å². The SMILES string of the molecule is CCCCC(CC)n1cc(-c2cccc(NC(/C=C(\N)Cl)=C(/N)C(N)=O)c2OC)c(C#N)n1. The molecule has 33 heavy (non-hydrogen) atoms. The first-order valence-corrected chi connectivity index (χ1v) is 11.0. The van der Waals surface area contributed by atoms with Gasteiger partial charge in [0, 0.05) is 17.3 Å². The molecule has 1 atom stereocenters. The minimum atomic E-state index is -0.840. The molecule has 9 nitrogen and oxygen atoms in total. The number of methoxy groups -OCH3 is 1. The average Bonchev–Trinajstić information content (AvgIpc) is 3.22. The van der Waals surface area contributed by atoms with Crippen LogP contribution in [0.1, 0.15) is 51.3 Å². The maximum absolute atomic E-state index is 11.6. The molecule has 0 aliphatic carbocycles. The van der Waals surface area contributed by atoms with Crippen LogP contribution in [0.5, 0.6) is 5.75 Å². The number of nitrogens with zero attached hydrogens (tertiary/aromatic N) is 3. The van der Waals surface area contributed by atoms with Gasteiger partial charge in [0.15, 0.2) is 5.69 Å². The van der Waals surface area contributed by atoms with Crippen LogP contribution in [-0.2, 0) is 4.79 Å². The van der Waals surface area contributed by atoms with Crippen molar-refractivity contribution in [1.29, 1.82) is 5.26 Å². The second kappa shape index (κ2) is 11.8. The first kappa shape index (κ1) is 25.6. The Kier molecular flexibility index (Phi) is 9.18. The van der Waals surface area contributed by atoms with Crippen molar-refractivity contribution in [2.75, 3.05) is 12.4 Å². The number of amides is 1. The monoisotopic (exact) mass is 471 g/mol. The molecular weight excluding hydrogens is 442 g/mol. The lowest BCUT2D eigenvalue weighted by atomic mass is 10.0. The summed E-state index contributed by atoms with van der Waals surface area (Å²) in [6.07, 6.45) is 7.19. The number of para-hydroxylation sites is 1. The van der Waals surface area contributed by atoms with E-state index in [0.717, 1.165) is 25.7 Å². The summed E-state index contributed by atoms with van der Waals surface area (Å²) >= 11 is 5.79. The number of anilines is 1. The van der Waals surface area contributed by atoms with Gasteiger partial charge in [-0.15, -0.1) is 0 Å². The molecular formula is C23H30ClN7O2. The van der Waals surface area contributed by atoms with Crippen molar-refractivity contribution >= 4 is 23.2 Å². The zero-order valence-electron chi connectivity index (χ0n) is 19.1. The Balaban J connectivity index is 2.60. The number of unbranched alkanes of at least 4 members (excludes halogenated alkanes) is 1. The van der Waals surface area contributed by atoms with Gasteiger partial charge >= 0.3 is 0 Å². The summed E-state index contributed by atoms with van der Waals surface area (Å²) in [6.45, 7) is 4.25. The summed E-state index contributed by atoms with van der Waals surface area (Å²) in [5, 5.41) is 17.2. The van der Waals surface area contributed by atoms with Crippen molar-refractivity contribution in [2.45, 2.75) is 45.6 Å². The van der Waals surface area contributed by atoms with Gasteiger partial charge in [-0.1, -0.05) is 50.4 Å². The van der Waals surface area contributed by atoms with Crippen LogP contribution in [0.25, 0.3) is 11.1 Å². The highest BCUT2D eigenvalue weighted by Crippen LogP contribution is 2.39. The number of nitrogens with two attached hydrogens (primary N) is 3. The number of ether oxygens (including phenoxy) is 1. The molecule has 0 radical (unpaired) electrons. The topological polar surface area (TPSA) is 158 Å². The smallest absolute Gasteiger partial charge is 0.266 e. The number of allylic oxidation sites excluding steroid dienone is 1. The van der Waals surface area contributed by atoms with Crippen molar-refractivity contribution in [2.24, 2.45) is 17.2 Å². The lowest BCUT2D eigenvalue weighted by molar-refractivity contribution is -0.114. The van der Waals surface area contributed by atoms with E-state index < -0.39 is 5.91 Å². The highest BCUT2D eigenvalue weighted by Gasteiger charge is 2.21. The third-order valence-corrected chi connectivity index (χ3v) is 5.30. The van der Waals surface area contributed by atoms with Crippen molar-refractivity contribution < 1.29 is 9.53 Å². The van der Waals surface area contributed by atoms with Gasteiger partial charge in [0.25, 0.3) is 5.91 Å². The van der Waals surface area contributed by atoms with Crippen LogP contribution >= 0.6 is 11.6 Å². The summed E-state index contributed by atoms with van der Waals surface area (Å²) < 4.78 is 7.52. The van der Waals surface area contributed by atoms with Gasteiger partial charge < -0.3 is 27.3 Å². The zero-order valence-corrected chi connectivity index (χ0v) is 19.8. The van der Waals surface area contributed by atoms with E-state index in [1.807, 2.05) is 16.9 Å². The van der Waals surface area contributed by atoms with Crippen LogP contribution in [0.2, 0.25) is 0 Å². The predicted octanol–water partition coefficient (Wildman–Crippen LogP) is 3.68. The largest absolute Gasteiger partial charge is 0.494 e. The summed E-state index contributed by atoms with van der Waals surface area (Å²) in [5.41, 5.74) is 18.6. The molecule has 1 aromatic heterocycles. The lowest BCUT2D eigenvalue weighted by Crippen LogP contribution is -2.24. The molecule has 7 N–H and O–H groups in total. The van der Waals surface area contributed by atoms with Crippen LogP contribution in [-0.4, -0.2) is 22.8 Å². The second-order valence-corrected chi connectivity index (χ2v) is 7.86. The Morgan fingerprint density at radius 1 is 1.33 bits per heavy atom. The van der Waals surface area contributed by atoms with E-state index in [4.69, 9.17) is 33.5 Å². The van der Waals surface area contributed by atoms with E-state index in [1.165, 1.54) is 13.2 Å². The van der Waals surface area contributed by atoms with E-state index >= 15 is 0 Å². The molecule has 2 aromatic rings. The number of benzene rings is 1. The van der Waals surface area contributed by atoms with Crippen molar-refractivity contribution in [3.63, 3.8) is 0 Å². The van der Waals surface area contributed by atoms with E-state index in [-0.39, 0.29) is 28.3 Å². The van der Waals surface area contributed by atoms with Crippen molar-refractivity contribution in [3.8, 4) is 22.9 Å². The summed E-state index contributed by atoms with van der Waals surface area (Å²) in [5.74, 6) is -0.418. The molecule has 2 rings (SSSR count). The average molecular weight is 472 g/mol. The number of carbonyl (C=O) groups excluding carboxylic acids is 1. The quantitative estimate of drug-likeness (QED) is 0.221. The first-order valence-electron chi connectivity index (χ1n) is 10.6. The molecule has 0 saturated carbocycles. The van der Waals surface area contributed by atoms with Crippen LogP contribution in [0, 0.1) is 11.3 Å². The lowest BCUT2D eigenvalue weighted by Gasteiger charge is -2.17. The van der Waals surface area contributed by atoms with Crippen LogP contribution in [0.4, 0.5) is 5.69 Å². The highest BCUT2D eigenvalue weighted by molar-refractivity contribution is 6.29. The Hall–Kier alpha value is -3.64. The van der Waals surface area contributed by atoms with Crippen molar-refractivity contribution in [3.05, 3.63) is 52.7 Å². The standard InChI is InChI=1S/C23H30ClN7O2/c1-4-6-8-14(5-2)31-13-16(19(12-25)30-31)15-9-7-10-17(22(15)33-3)29-18(11-20(24)26)21(27)23(28)32/h7,9-11,13-14,29H,4-6,8,26-27H2,1-3H3,(H2,28,32)/b20-11-,21-18+. The number of primary amides is 1. The Morgan fingerprint density at radius 2 is 2.06 bits per heavy atom. The fourth-order valence-electron chi connectivity index (χ4n) is 3.49. The van der Waals surface area contributed by atoms with Gasteiger partial charge in [0.2, 0.25) is 0 Å². The van der Waals surface area contributed by atoms with E-state index in [1.54, 1.807) is 12.1 Å². The molecule has 0 spiro atoms. The number of halogens is 1. The van der Waals surface area contributed by atoms with E-state index in [9.17, 15) is 10.1 Å². The highest BCUT2D eigenvalue weighted by atomic mass is 35.5. The van der Waals surface area contributed by atoms with E-state index in [2.05, 4.69) is 30.3 Å². The number of hydrogen-bond acceptors (Lipinski definition) is 7. The number of hydrogen-bond donors (Lipinski definition) is 4. The van der Waals surface area contributed by atoms with Crippen molar-refractivity contribution in [1.82, 2.24) is 9.78 Å². The summed E-state index contributed by atoms with van der Waals surface area (Å²) in [4.78, 5) is 11.6. The fourth-order valence-corrected chi connectivity index (χ4v) is 3.60. The molecule has 176 valence electrons. The van der Waals surface area contributed by atoms with Gasteiger partial charge in [0.05, 0.1) is 24.5 Å². The fraction of sp³-hybridized carbons (Fsp3) is 0.348. The van der Waals surface area contributed by atoms with Crippen LogP contribution in [0.15, 0.2) is 47.0 Å². The van der Waals surface area contributed by atoms with Gasteiger partial charge in [0.1, 0.15) is 22.7 Å². The number of nitrogens with one attached hydrogen (secondary N) is 1. The third-order valence-electron chi connectivity index (χ3n) is 5.19. The predicted molar refractivity (Wildman–Crippen MR) is 130 cm³/mol. The van der Waals surface area contributed by atoms with Crippen LogP contribution < -0.4 is 27.3 Å². The summed E-state index contributed by atoms with van der Waals surface area (Å²) in [7, 11) is 1.50. The molecule has 0 bridgehead atoms. The number of nitriles is 1. The Morgan fingerprint density at radius 3 is 2.61 bits per heavy atom.